The topological polar surface area (TPSA) is 44.9 Å². The Bertz CT molecular complexity index is 908. The fraction of sp³-hybridized carbons (Fsp3) is 0.105. The van der Waals surface area contributed by atoms with Gasteiger partial charge in [-0.25, -0.2) is 0 Å². The number of carbonyl (C=O) groups excluding carboxylic acids is 1. The van der Waals surface area contributed by atoms with Gasteiger partial charge in [0, 0.05) is 29.7 Å². The smallest absolute Gasteiger partial charge is 0.361 e. The van der Waals surface area contributed by atoms with Gasteiger partial charge in [-0.15, -0.1) is 0 Å². The number of amides is 1. The highest BCUT2D eigenvalue weighted by atomic mass is 19.4. The lowest BCUT2D eigenvalue weighted by Gasteiger charge is -2.07. The largest absolute Gasteiger partial charge is 0.416 e. The van der Waals surface area contributed by atoms with Gasteiger partial charge in [0.05, 0.1) is 5.56 Å². The molecular formula is C19H15F3N2O. The van der Waals surface area contributed by atoms with Gasteiger partial charge in [0.2, 0.25) is 5.91 Å². The molecule has 0 bridgehead atoms. The minimum absolute atomic E-state index is 0.162. The van der Waals surface area contributed by atoms with Crippen molar-refractivity contribution in [1.29, 1.82) is 0 Å². The van der Waals surface area contributed by atoms with Crippen molar-refractivity contribution in [2.45, 2.75) is 12.7 Å². The third-order valence-electron chi connectivity index (χ3n) is 3.78. The van der Waals surface area contributed by atoms with Gasteiger partial charge in [0.15, 0.2) is 0 Å². The summed E-state index contributed by atoms with van der Waals surface area (Å²) >= 11 is 0. The van der Waals surface area contributed by atoms with E-state index >= 15 is 0 Å². The number of hydrogen-bond acceptors (Lipinski definition) is 1. The maximum Gasteiger partial charge on any atom is 0.416 e. The van der Waals surface area contributed by atoms with Gasteiger partial charge in [0.1, 0.15) is 0 Å². The third kappa shape index (κ3) is 4.09. The molecule has 1 aromatic heterocycles. The van der Waals surface area contributed by atoms with E-state index in [0.29, 0.717) is 5.56 Å². The molecule has 3 aromatic rings. The Morgan fingerprint density at radius 3 is 2.52 bits per heavy atom. The number of nitrogens with one attached hydrogen (secondary N) is 2. The van der Waals surface area contributed by atoms with Gasteiger partial charge in [-0.1, -0.05) is 30.3 Å². The van der Waals surface area contributed by atoms with Crippen LogP contribution in [-0.2, 0) is 17.5 Å². The molecule has 6 heteroatoms. The maximum atomic E-state index is 12.5. The predicted octanol–water partition coefficient (Wildman–Crippen LogP) is 4.52. The Hall–Kier alpha value is -3.02. The number of carbonyl (C=O) groups is 1. The molecule has 1 heterocycles. The summed E-state index contributed by atoms with van der Waals surface area (Å²) < 4.78 is 37.5. The molecule has 2 N–H and O–H groups in total. The van der Waals surface area contributed by atoms with Crippen LogP contribution in [0.1, 0.15) is 16.7 Å². The summed E-state index contributed by atoms with van der Waals surface area (Å²) in [5, 5.41) is 3.66. The second kappa shape index (κ2) is 6.84. The zero-order valence-corrected chi connectivity index (χ0v) is 13.1. The van der Waals surface area contributed by atoms with E-state index in [1.165, 1.54) is 18.2 Å². The van der Waals surface area contributed by atoms with Crippen molar-refractivity contribution in [3.05, 3.63) is 77.5 Å². The summed E-state index contributed by atoms with van der Waals surface area (Å²) in [4.78, 5) is 15.0. The molecule has 0 radical (unpaired) electrons. The lowest BCUT2D eigenvalue weighted by Crippen LogP contribution is -2.20. The van der Waals surface area contributed by atoms with E-state index in [1.807, 2.05) is 30.5 Å². The molecule has 3 rings (SSSR count). The molecule has 25 heavy (non-hydrogen) atoms. The lowest BCUT2D eigenvalue weighted by atomic mass is 10.1. The molecule has 0 spiro atoms. The van der Waals surface area contributed by atoms with Crippen LogP contribution in [0.5, 0.6) is 0 Å². The van der Waals surface area contributed by atoms with Crippen LogP contribution in [0.3, 0.4) is 0 Å². The van der Waals surface area contributed by atoms with Gasteiger partial charge >= 0.3 is 6.18 Å². The van der Waals surface area contributed by atoms with E-state index in [4.69, 9.17) is 0 Å². The lowest BCUT2D eigenvalue weighted by molar-refractivity contribution is -0.137. The van der Waals surface area contributed by atoms with Crippen molar-refractivity contribution >= 4 is 22.9 Å². The summed E-state index contributed by atoms with van der Waals surface area (Å²) in [6.07, 6.45) is 0.550. The van der Waals surface area contributed by atoms with Crippen molar-refractivity contribution in [3.8, 4) is 0 Å². The minimum Gasteiger partial charge on any atom is -0.361 e. The number of alkyl halides is 3. The quantitative estimate of drug-likeness (QED) is 0.672. The van der Waals surface area contributed by atoms with Crippen LogP contribution >= 0.6 is 0 Å². The maximum absolute atomic E-state index is 12.5. The van der Waals surface area contributed by atoms with E-state index in [9.17, 15) is 18.0 Å². The number of halogens is 3. The number of aromatic amines is 1. The standard InChI is InChI=1S/C19H15F3N2O/c20-19(21,22)15-8-5-13(6-9-15)11-24-18(25)10-7-14-12-23-17-4-2-1-3-16(14)17/h1-10,12,23H,11H2,(H,24,25)/b10-7+. The second-order valence-corrected chi connectivity index (χ2v) is 5.54. The Morgan fingerprint density at radius 1 is 1.08 bits per heavy atom. The van der Waals surface area contributed by atoms with Crippen molar-refractivity contribution in [1.82, 2.24) is 10.3 Å². The van der Waals surface area contributed by atoms with E-state index in [0.717, 1.165) is 28.6 Å². The van der Waals surface area contributed by atoms with Crippen LogP contribution in [0.15, 0.2) is 60.8 Å². The first-order chi connectivity index (χ1) is 11.9. The number of hydrogen-bond donors (Lipinski definition) is 2. The van der Waals surface area contributed by atoms with E-state index in [-0.39, 0.29) is 12.5 Å². The second-order valence-electron chi connectivity index (χ2n) is 5.54. The molecule has 0 saturated heterocycles. The first kappa shape index (κ1) is 16.8. The number of aromatic nitrogens is 1. The average Bonchev–Trinajstić information content (AvgIpc) is 3.01. The van der Waals surface area contributed by atoms with E-state index < -0.39 is 11.7 Å². The molecule has 128 valence electrons. The number of H-pyrrole nitrogens is 1. The van der Waals surface area contributed by atoms with Gasteiger partial charge in [-0.2, -0.15) is 13.2 Å². The van der Waals surface area contributed by atoms with E-state index in [1.54, 1.807) is 6.08 Å². The summed E-state index contributed by atoms with van der Waals surface area (Å²) in [7, 11) is 0. The van der Waals surface area contributed by atoms with Crippen molar-refractivity contribution < 1.29 is 18.0 Å². The van der Waals surface area contributed by atoms with Crippen LogP contribution in [-0.4, -0.2) is 10.9 Å². The highest BCUT2D eigenvalue weighted by molar-refractivity contribution is 5.96. The highest BCUT2D eigenvalue weighted by Crippen LogP contribution is 2.29. The minimum atomic E-state index is -4.36. The zero-order chi connectivity index (χ0) is 17.9. The Morgan fingerprint density at radius 2 is 1.80 bits per heavy atom. The molecule has 0 fully saturated rings. The summed E-state index contributed by atoms with van der Waals surface area (Å²) in [6.45, 7) is 0.162. The molecule has 2 aromatic carbocycles. The summed E-state index contributed by atoms with van der Waals surface area (Å²) in [5.74, 6) is -0.315. The van der Waals surface area contributed by atoms with Crippen molar-refractivity contribution in [2.24, 2.45) is 0 Å². The Labute approximate surface area is 142 Å². The fourth-order valence-corrected chi connectivity index (χ4v) is 2.46. The molecule has 1 amide bonds. The van der Waals surface area contributed by atoms with Crippen LogP contribution in [0.2, 0.25) is 0 Å². The van der Waals surface area contributed by atoms with E-state index in [2.05, 4.69) is 10.3 Å². The van der Waals surface area contributed by atoms with Gasteiger partial charge in [-0.05, 0) is 35.4 Å². The zero-order valence-electron chi connectivity index (χ0n) is 13.1. The number of para-hydroxylation sites is 1. The summed E-state index contributed by atoms with van der Waals surface area (Å²) in [6, 6.07) is 12.4. The Balaban J connectivity index is 1.59. The van der Waals surface area contributed by atoms with Crippen molar-refractivity contribution in [2.75, 3.05) is 0 Å². The number of rotatable bonds is 4. The highest BCUT2D eigenvalue weighted by Gasteiger charge is 2.29. The van der Waals surface area contributed by atoms with Crippen LogP contribution in [0.4, 0.5) is 13.2 Å². The predicted molar refractivity (Wildman–Crippen MR) is 90.6 cm³/mol. The molecule has 0 aliphatic carbocycles. The van der Waals surface area contributed by atoms with Gasteiger partial charge in [-0.3, -0.25) is 4.79 Å². The van der Waals surface area contributed by atoms with Crippen LogP contribution in [0, 0.1) is 0 Å². The van der Waals surface area contributed by atoms with Crippen LogP contribution < -0.4 is 5.32 Å². The third-order valence-corrected chi connectivity index (χ3v) is 3.78. The number of fused-ring (bicyclic) bond motifs is 1. The summed E-state index contributed by atoms with van der Waals surface area (Å²) in [5.41, 5.74) is 1.76. The fourth-order valence-electron chi connectivity index (χ4n) is 2.46. The van der Waals surface area contributed by atoms with Crippen molar-refractivity contribution in [3.63, 3.8) is 0 Å². The van der Waals surface area contributed by atoms with Gasteiger partial charge in [0.25, 0.3) is 0 Å². The monoisotopic (exact) mass is 344 g/mol. The SMILES string of the molecule is O=C(/C=C/c1c[nH]c2ccccc12)NCc1ccc(C(F)(F)F)cc1. The van der Waals surface area contributed by atoms with Gasteiger partial charge < -0.3 is 10.3 Å². The molecule has 0 atom stereocenters. The first-order valence-corrected chi connectivity index (χ1v) is 7.61. The number of benzene rings is 2. The average molecular weight is 344 g/mol. The Kier molecular flexibility index (Phi) is 4.61. The molecule has 0 aliphatic heterocycles. The molecule has 3 nitrogen and oxygen atoms in total. The van der Waals surface area contributed by atoms with Crippen LogP contribution in [0.25, 0.3) is 17.0 Å². The molecular weight excluding hydrogens is 329 g/mol. The molecule has 0 aliphatic rings. The normalized spacial score (nSPS) is 12.0. The molecule has 0 saturated carbocycles. The first-order valence-electron chi connectivity index (χ1n) is 7.61. The molecule has 0 unspecified atom stereocenters.